The van der Waals surface area contributed by atoms with E-state index in [2.05, 4.69) is 43.4 Å². The predicted octanol–water partition coefficient (Wildman–Crippen LogP) is 9.60. The molecular weight excluding hydrogens is 602 g/mol. The number of hydrogen-bond acceptors (Lipinski definition) is 5. The SMILES string of the molecule is CCCCCC=CCC=CCC=CCCCCC(=O)OCC(C(=O)O)c1c(C)n(C(=O)c2ccc(Cl)cc2)c2ccc(OC)cc12. The molecule has 0 spiro atoms. The van der Waals surface area contributed by atoms with E-state index in [1.807, 2.05) is 0 Å². The van der Waals surface area contributed by atoms with E-state index in [4.69, 9.17) is 21.1 Å². The molecule has 2 aromatic carbocycles. The van der Waals surface area contributed by atoms with Gasteiger partial charge in [-0.15, -0.1) is 0 Å². The minimum Gasteiger partial charge on any atom is -0.497 e. The molecule has 1 unspecified atom stereocenters. The summed E-state index contributed by atoms with van der Waals surface area (Å²) >= 11 is 6.01. The van der Waals surface area contributed by atoms with E-state index in [0.29, 0.717) is 44.9 Å². The first-order valence-electron chi connectivity index (χ1n) is 16.1. The van der Waals surface area contributed by atoms with E-state index >= 15 is 0 Å². The fraction of sp³-hybridized carbons (Fsp3) is 0.395. The van der Waals surface area contributed by atoms with Crippen LogP contribution in [0.15, 0.2) is 78.9 Å². The fourth-order valence-electron chi connectivity index (χ4n) is 5.32. The van der Waals surface area contributed by atoms with Crippen LogP contribution in [0.25, 0.3) is 10.9 Å². The van der Waals surface area contributed by atoms with Gasteiger partial charge in [0.2, 0.25) is 0 Å². The Morgan fingerprint density at radius 3 is 2.13 bits per heavy atom. The summed E-state index contributed by atoms with van der Waals surface area (Å²) in [7, 11) is 1.52. The number of hydrogen-bond donors (Lipinski definition) is 1. The van der Waals surface area contributed by atoms with Crippen LogP contribution in [-0.2, 0) is 14.3 Å². The lowest BCUT2D eigenvalue weighted by Crippen LogP contribution is -2.21. The molecule has 8 heteroatoms. The Balaban J connectivity index is 1.56. The van der Waals surface area contributed by atoms with Crippen molar-refractivity contribution in [3.63, 3.8) is 0 Å². The molecule has 0 aliphatic rings. The fourth-order valence-corrected chi connectivity index (χ4v) is 5.45. The second kappa shape index (κ2) is 19.4. The molecule has 0 amide bonds. The van der Waals surface area contributed by atoms with Gasteiger partial charge < -0.3 is 14.6 Å². The summed E-state index contributed by atoms with van der Waals surface area (Å²) in [4.78, 5) is 38.7. The third-order valence-electron chi connectivity index (χ3n) is 7.83. The van der Waals surface area contributed by atoms with E-state index < -0.39 is 17.9 Å². The normalized spacial score (nSPS) is 12.4. The van der Waals surface area contributed by atoms with Gasteiger partial charge in [-0.3, -0.25) is 19.0 Å². The van der Waals surface area contributed by atoms with Crippen molar-refractivity contribution in [1.29, 1.82) is 0 Å². The van der Waals surface area contributed by atoms with Crippen LogP contribution in [0.4, 0.5) is 0 Å². The number of carboxylic acids is 1. The average Bonchev–Trinajstić information content (AvgIpc) is 3.33. The van der Waals surface area contributed by atoms with E-state index in [0.717, 1.165) is 32.1 Å². The van der Waals surface area contributed by atoms with Crippen LogP contribution in [0.2, 0.25) is 5.02 Å². The number of rotatable bonds is 19. The molecule has 1 atom stereocenters. The Kier molecular flexibility index (Phi) is 15.4. The summed E-state index contributed by atoms with van der Waals surface area (Å²) in [6, 6.07) is 11.6. The molecule has 0 saturated carbocycles. The van der Waals surface area contributed by atoms with Gasteiger partial charge in [-0.1, -0.05) is 67.8 Å². The summed E-state index contributed by atoms with van der Waals surface area (Å²) in [5.74, 6) is -2.59. The third kappa shape index (κ3) is 10.8. The maximum absolute atomic E-state index is 13.6. The van der Waals surface area contributed by atoms with Crippen molar-refractivity contribution in [3.05, 3.63) is 101 Å². The first-order valence-corrected chi connectivity index (χ1v) is 16.5. The number of nitrogens with zero attached hydrogens (tertiary/aromatic N) is 1. The Morgan fingerprint density at radius 2 is 1.52 bits per heavy atom. The van der Waals surface area contributed by atoms with Gasteiger partial charge in [0.15, 0.2) is 0 Å². The lowest BCUT2D eigenvalue weighted by Gasteiger charge is -2.15. The molecule has 246 valence electrons. The molecule has 3 rings (SSSR count). The number of aromatic nitrogens is 1. The molecule has 1 N–H and O–H groups in total. The highest BCUT2D eigenvalue weighted by Gasteiger charge is 2.31. The number of ether oxygens (including phenoxy) is 2. The van der Waals surface area contributed by atoms with Crippen LogP contribution in [0.5, 0.6) is 5.75 Å². The third-order valence-corrected chi connectivity index (χ3v) is 8.08. The lowest BCUT2D eigenvalue weighted by atomic mass is 9.96. The molecule has 7 nitrogen and oxygen atoms in total. The number of carboxylic acid groups (broad SMARTS) is 1. The number of aliphatic carboxylic acids is 1. The first-order chi connectivity index (χ1) is 22.3. The largest absolute Gasteiger partial charge is 0.497 e. The topological polar surface area (TPSA) is 94.8 Å². The molecule has 0 fully saturated rings. The van der Waals surface area contributed by atoms with Crippen LogP contribution in [0.3, 0.4) is 0 Å². The molecule has 0 bridgehead atoms. The van der Waals surface area contributed by atoms with E-state index in [9.17, 15) is 19.5 Å². The maximum Gasteiger partial charge on any atom is 0.314 e. The first kappa shape index (κ1) is 36.4. The minimum atomic E-state index is -1.18. The van der Waals surface area contributed by atoms with Crippen molar-refractivity contribution < 1.29 is 29.0 Å². The second-order valence-corrected chi connectivity index (χ2v) is 11.7. The number of unbranched alkanes of at least 4 members (excludes halogenated alkanes) is 5. The summed E-state index contributed by atoms with van der Waals surface area (Å²) in [5, 5.41) is 11.3. The molecule has 0 aliphatic carbocycles. The zero-order chi connectivity index (χ0) is 33.3. The number of benzene rings is 2. The highest BCUT2D eigenvalue weighted by atomic mass is 35.5. The van der Waals surface area contributed by atoms with Crippen LogP contribution >= 0.6 is 11.6 Å². The molecule has 0 radical (unpaired) electrons. The Labute approximate surface area is 277 Å². The van der Waals surface area contributed by atoms with Crippen LogP contribution in [0, 0.1) is 6.92 Å². The van der Waals surface area contributed by atoms with Crippen LogP contribution < -0.4 is 4.74 Å². The quantitative estimate of drug-likeness (QED) is 0.0791. The van der Waals surface area contributed by atoms with E-state index in [1.54, 1.807) is 49.4 Å². The van der Waals surface area contributed by atoms with Crippen molar-refractivity contribution in [2.45, 2.75) is 84.0 Å². The van der Waals surface area contributed by atoms with Gasteiger partial charge in [0, 0.05) is 28.1 Å². The van der Waals surface area contributed by atoms with Crippen LogP contribution in [0.1, 0.15) is 98.7 Å². The molecule has 1 heterocycles. The van der Waals surface area contributed by atoms with Gasteiger partial charge in [-0.25, -0.2) is 0 Å². The predicted molar refractivity (Wildman–Crippen MR) is 185 cm³/mol. The Morgan fingerprint density at radius 1 is 0.891 bits per heavy atom. The van der Waals surface area contributed by atoms with Crippen molar-refractivity contribution >= 4 is 40.3 Å². The number of halogens is 1. The van der Waals surface area contributed by atoms with Crippen molar-refractivity contribution in [1.82, 2.24) is 4.57 Å². The average molecular weight is 648 g/mol. The van der Waals surface area contributed by atoms with Crippen molar-refractivity contribution in [3.8, 4) is 5.75 Å². The summed E-state index contributed by atoms with van der Waals surface area (Å²) < 4.78 is 12.4. The van der Waals surface area contributed by atoms with Gasteiger partial charge in [0.05, 0.1) is 12.6 Å². The minimum absolute atomic E-state index is 0.203. The van der Waals surface area contributed by atoms with Gasteiger partial charge in [-0.2, -0.15) is 0 Å². The number of esters is 1. The van der Waals surface area contributed by atoms with Gasteiger partial charge in [0.1, 0.15) is 18.3 Å². The van der Waals surface area contributed by atoms with Crippen LogP contribution in [-0.4, -0.2) is 41.2 Å². The Bertz CT molecular complexity index is 1530. The maximum atomic E-state index is 13.6. The zero-order valence-electron chi connectivity index (χ0n) is 27.2. The van der Waals surface area contributed by atoms with Gasteiger partial charge in [0.25, 0.3) is 5.91 Å². The molecule has 3 aromatic rings. The smallest absolute Gasteiger partial charge is 0.314 e. The number of fused-ring (bicyclic) bond motifs is 1. The lowest BCUT2D eigenvalue weighted by molar-refractivity contribution is -0.148. The number of allylic oxidation sites excluding steroid dienone is 6. The van der Waals surface area contributed by atoms with E-state index in [1.165, 1.54) is 30.9 Å². The van der Waals surface area contributed by atoms with Gasteiger partial charge in [-0.05, 0) is 99.9 Å². The molecule has 0 aliphatic heterocycles. The standard InChI is InChI=1S/C38H46ClNO6/c1-4-5-6-7-8-9-10-11-12-13-14-15-16-17-18-19-35(41)46-27-33(38(43)44)36-28(2)40(34-25-24-31(45-3)26-32(34)36)37(42)29-20-22-30(39)23-21-29/h8-9,11-12,14-15,20-26,33H,4-7,10,13,16-19,27H2,1-3H3,(H,43,44). The molecule has 0 saturated heterocycles. The monoisotopic (exact) mass is 647 g/mol. The van der Waals surface area contributed by atoms with Gasteiger partial charge >= 0.3 is 11.9 Å². The highest BCUT2D eigenvalue weighted by Crippen LogP contribution is 2.35. The van der Waals surface area contributed by atoms with Crippen molar-refractivity contribution in [2.75, 3.05) is 13.7 Å². The van der Waals surface area contributed by atoms with E-state index in [-0.39, 0.29) is 18.9 Å². The second-order valence-electron chi connectivity index (χ2n) is 11.2. The number of carbonyl (C=O) groups excluding carboxylic acids is 2. The summed E-state index contributed by atoms with van der Waals surface area (Å²) in [6.07, 6.45) is 22.4. The summed E-state index contributed by atoms with van der Waals surface area (Å²) in [6.45, 7) is 3.57. The highest BCUT2D eigenvalue weighted by molar-refractivity contribution is 6.30. The molecule has 46 heavy (non-hydrogen) atoms. The number of carbonyl (C=O) groups is 3. The zero-order valence-corrected chi connectivity index (χ0v) is 27.9. The summed E-state index contributed by atoms with van der Waals surface area (Å²) in [5.41, 5.74) is 1.78. The Hall–Kier alpha value is -4.10. The number of methoxy groups -OCH3 is 1. The molecule has 1 aromatic heterocycles. The van der Waals surface area contributed by atoms with Crippen molar-refractivity contribution in [2.24, 2.45) is 0 Å². The molecular formula is C38H46ClNO6.